The molecule has 0 N–H and O–H groups in total. The van der Waals surface area contributed by atoms with Crippen molar-refractivity contribution >= 4 is 17.2 Å². The first-order valence-corrected chi connectivity index (χ1v) is 6.11. The van der Waals surface area contributed by atoms with E-state index in [1.807, 2.05) is 22.7 Å². The van der Waals surface area contributed by atoms with Gasteiger partial charge < -0.3 is 4.40 Å². The van der Waals surface area contributed by atoms with Crippen LogP contribution < -0.4 is 0 Å². The highest BCUT2D eigenvalue weighted by Gasteiger charge is 2.13. The molecule has 3 heterocycles. The third kappa shape index (κ3) is 2.05. The Morgan fingerprint density at radius 3 is 3.00 bits per heavy atom. The molecule has 0 saturated heterocycles. The predicted octanol–water partition coefficient (Wildman–Crippen LogP) is 3.12. The Balaban J connectivity index is 2.29. The molecule has 0 unspecified atom stereocenters. The van der Waals surface area contributed by atoms with E-state index < -0.39 is 0 Å². The fourth-order valence-corrected chi connectivity index (χ4v) is 2.20. The topological polar surface area (TPSA) is 54.0 Å². The molecule has 0 spiro atoms. The monoisotopic (exact) mass is 268 g/mol. The van der Waals surface area contributed by atoms with Crippen LogP contribution in [0.5, 0.6) is 0 Å². The lowest BCUT2D eigenvalue weighted by Crippen LogP contribution is -1.93. The summed E-state index contributed by atoms with van der Waals surface area (Å²) >= 11 is 5.97. The molecule has 5 heteroatoms. The molecule has 0 aliphatic rings. The molecule has 3 rings (SSSR count). The van der Waals surface area contributed by atoms with E-state index in [4.69, 9.17) is 16.9 Å². The van der Waals surface area contributed by atoms with Gasteiger partial charge in [-0.05, 0) is 18.2 Å². The zero-order valence-corrected chi connectivity index (χ0v) is 10.7. The molecule has 0 atom stereocenters. The zero-order chi connectivity index (χ0) is 13.2. The highest BCUT2D eigenvalue weighted by molar-refractivity contribution is 6.30. The Morgan fingerprint density at radius 2 is 2.26 bits per heavy atom. The highest BCUT2D eigenvalue weighted by atomic mass is 35.5. The van der Waals surface area contributed by atoms with E-state index in [9.17, 15) is 0 Å². The maximum Gasteiger partial charge on any atom is 0.139 e. The lowest BCUT2D eigenvalue weighted by Gasteiger charge is -2.00. The van der Waals surface area contributed by atoms with E-state index >= 15 is 0 Å². The number of nitrogens with zero attached hydrogens (tertiary/aromatic N) is 4. The molecule has 0 fully saturated rings. The van der Waals surface area contributed by atoms with Gasteiger partial charge in [-0.25, -0.2) is 4.98 Å². The van der Waals surface area contributed by atoms with Gasteiger partial charge in [0.15, 0.2) is 0 Å². The fourth-order valence-electron chi connectivity index (χ4n) is 2.05. The first kappa shape index (κ1) is 11.7. The van der Waals surface area contributed by atoms with Gasteiger partial charge in [0.2, 0.25) is 0 Å². The van der Waals surface area contributed by atoms with Crippen molar-refractivity contribution in [1.82, 2.24) is 14.4 Å². The Morgan fingerprint density at radius 1 is 1.37 bits per heavy atom. The summed E-state index contributed by atoms with van der Waals surface area (Å²) in [7, 11) is 0. The predicted molar refractivity (Wildman–Crippen MR) is 72.8 cm³/mol. The van der Waals surface area contributed by atoms with E-state index in [0.29, 0.717) is 5.02 Å². The summed E-state index contributed by atoms with van der Waals surface area (Å²) in [4.78, 5) is 8.64. The van der Waals surface area contributed by atoms with Crippen LogP contribution in [0.15, 0.2) is 42.9 Å². The van der Waals surface area contributed by atoms with Crippen molar-refractivity contribution in [2.24, 2.45) is 0 Å². The minimum absolute atomic E-state index is 0.285. The van der Waals surface area contributed by atoms with Gasteiger partial charge in [-0.3, -0.25) is 4.98 Å². The average Bonchev–Trinajstić information content (AvgIpc) is 2.78. The molecule has 0 amide bonds. The SMILES string of the molecule is N#CCc1c(-c2cccnc2)nc2cc(Cl)ccn12. The van der Waals surface area contributed by atoms with Crippen LogP contribution in [-0.4, -0.2) is 14.4 Å². The number of hydrogen-bond donors (Lipinski definition) is 0. The van der Waals surface area contributed by atoms with E-state index in [-0.39, 0.29) is 6.42 Å². The zero-order valence-electron chi connectivity index (χ0n) is 9.92. The molecule has 3 aromatic rings. The van der Waals surface area contributed by atoms with Crippen molar-refractivity contribution in [2.45, 2.75) is 6.42 Å². The third-order valence-electron chi connectivity index (χ3n) is 2.87. The minimum Gasteiger partial charge on any atom is -0.302 e. The number of aromatic nitrogens is 3. The van der Waals surface area contributed by atoms with Crippen molar-refractivity contribution in [2.75, 3.05) is 0 Å². The van der Waals surface area contributed by atoms with Crippen LogP contribution in [0.4, 0.5) is 0 Å². The molecular formula is C14H9ClN4. The molecule has 0 aromatic carbocycles. The third-order valence-corrected chi connectivity index (χ3v) is 3.10. The first-order valence-electron chi connectivity index (χ1n) is 5.73. The molecule has 19 heavy (non-hydrogen) atoms. The summed E-state index contributed by atoms with van der Waals surface area (Å²) in [5, 5.41) is 9.61. The number of rotatable bonds is 2. The summed E-state index contributed by atoms with van der Waals surface area (Å²) in [5.41, 5.74) is 3.25. The standard InChI is InChI=1S/C14H9ClN4/c15-11-4-7-19-12(3-5-16)14(18-13(19)8-11)10-2-1-6-17-9-10/h1-2,4,6-9H,3H2. The molecule has 0 saturated carbocycles. The van der Waals surface area contributed by atoms with Gasteiger partial charge >= 0.3 is 0 Å². The van der Waals surface area contributed by atoms with Crippen LogP contribution in [-0.2, 0) is 6.42 Å². The van der Waals surface area contributed by atoms with Crippen molar-refractivity contribution in [1.29, 1.82) is 5.26 Å². The van der Waals surface area contributed by atoms with Crippen molar-refractivity contribution in [3.63, 3.8) is 0 Å². The Kier molecular flexibility index (Phi) is 2.90. The highest BCUT2D eigenvalue weighted by Crippen LogP contribution is 2.25. The van der Waals surface area contributed by atoms with E-state index in [0.717, 1.165) is 22.6 Å². The van der Waals surface area contributed by atoms with Gasteiger partial charge in [0.1, 0.15) is 5.65 Å². The second kappa shape index (κ2) is 4.71. The normalized spacial score (nSPS) is 10.5. The molecule has 0 aliphatic carbocycles. The molecule has 92 valence electrons. The van der Waals surface area contributed by atoms with Gasteiger partial charge in [0.05, 0.1) is 23.9 Å². The van der Waals surface area contributed by atoms with Crippen molar-refractivity contribution < 1.29 is 0 Å². The van der Waals surface area contributed by atoms with Crippen LogP contribution >= 0.6 is 11.6 Å². The maximum absolute atomic E-state index is 8.99. The van der Waals surface area contributed by atoms with Gasteiger partial charge in [-0.2, -0.15) is 5.26 Å². The molecule has 3 aromatic heterocycles. The second-order valence-corrected chi connectivity index (χ2v) is 4.49. The van der Waals surface area contributed by atoms with Gasteiger partial charge in [0, 0.05) is 35.2 Å². The van der Waals surface area contributed by atoms with Crippen molar-refractivity contribution in [3.05, 3.63) is 53.6 Å². The van der Waals surface area contributed by atoms with Crippen LogP contribution in [0, 0.1) is 11.3 Å². The molecular weight excluding hydrogens is 260 g/mol. The summed E-state index contributed by atoms with van der Waals surface area (Å²) in [5.74, 6) is 0. The lowest BCUT2D eigenvalue weighted by atomic mass is 10.1. The number of pyridine rings is 2. The number of nitriles is 1. The summed E-state index contributed by atoms with van der Waals surface area (Å²) in [6.07, 6.45) is 5.56. The second-order valence-electron chi connectivity index (χ2n) is 4.06. The smallest absolute Gasteiger partial charge is 0.139 e. The average molecular weight is 269 g/mol. The maximum atomic E-state index is 8.99. The van der Waals surface area contributed by atoms with Gasteiger partial charge in [-0.1, -0.05) is 11.6 Å². The van der Waals surface area contributed by atoms with Crippen LogP contribution in [0.2, 0.25) is 5.02 Å². The molecule has 4 nitrogen and oxygen atoms in total. The number of fused-ring (bicyclic) bond motifs is 1. The molecule has 0 radical (unpaired) electrons. The van der Waals surface area contributed by atoms with Crippen molar-refractivity contribution in [3.8, 4) is 17.3 Å². The fraction of sp³-hybridized carbons (Fsp3) is 0.0714. The van der Waals surface area contributed by atoms with Crippen LogP contribution in [0.1, 0.15) is 5.69 Å². The van der Waals surface area contributed by atoms with Crippen LogP contribution in [0.25, 0.3) is 16.9 Å². The van der Waals surface area contributed by atoms with E-state index in [2.05, 4.69) is 16.0 Å². The van der Waals surface area contributed by atoms with Gasteiger partial charge in [0.25, 0.3) is 0 Å². The quantitative estimate of drug-likeness (QED) is 0.717. The number of imidazole rings is 1. The Bertz CT molecular complexity index is 771. The number of hydrogen-bond acceptors (Lipinski definition) is 3. The summed E-state index contributed by atoms with van der Waals surface area (Å²) in [6.45, 7) is 0. The first-order chi connectivity index (χ1) is 9.29. The number of halogens is 1. The van der Waals surface area contributed by atoms with Crippen LogP contribution in [0.3, 0.4) is 0 Å². The minimum atomic E-state index is 0.285. The largest absolute Gasteiger partial charge is 0.302 e. The Hall–Kier alpha value is -2.38. The van der Waals surface area contributed by atoms with E-state index in [1.165, 1.54) is 0 Å². The van der Waals surface area contributed by atoms with Gasteiger partial charge in [-0.15, -0.1) is 0 Å². The lowest BCUT2D eigenvalue weighted by molar-refractivity contribution is 1.06. The molecule has 0 aliphatic heterocycles. The Labute approximate surface area is 114 Å². The summed E-state index contributed by atoms with van der Waals surface area (Å²) < 4.78 is 1.89. The molecule has 0 bridgehead atoms. The summed E-state index contributed by atoms with van der Waals surface area (Å²) in [6, 6.07) is 9.51. The van der Waals surface area contributed by atoms with E-state index in [1.54, 1.807) is 24.5 Å².